The smallest absolute Gasteiger partial charge is 0.244 e. The summed E-state index contributed by atoms with van der Waals surface area (Å²) in [5.41, 5.74) is 1.67. The van der Waals surface area contributed by atoms with E-state index in [1.54, 1.807) is 46.6 Å². The van der Waals surface area contributed by atoms with Gasteiger partial charge < -0.3 is 24.3 Å². The molecule has 144 valence electrons. The van der Waals surface area contributed by atoms with Crippen LogP contribution in [0.2, 0.25) is 0 Å². The molecule has 0 aliphatic rings. The maximum Gasteiger partial charge on any atom is 0.244 e. The van der Waals surface area contributed by atoms with E-state index in [1.165, 1.54) is 6.08 Å². The molecule has 0 radical (unpaired) electrons. The first-order valence-corrected chi connectivity index (χ1v) is 8.45. The summed E-state index contributed by atoms with van der Waals surface area (Å²) in [6, 6.07) is 10.7. The zero-order chi connectivity index (χ0) is 19.8. The Morgan fingerprint density at radius 1 is 0.889 bits per heavy atom. The van der Waals surface area contributed by atoms with E-state index in [0.717, 1.165) is 11.1 Å². The molecular formula is C21H25NO5. The number of ether oxygens (including phenoxy) is 4. The average molecular weight is 371 g/mol. The number of nitrogens with one attached hydrogen (secondary N) is 1. The van der Waals surface area contributed by atoms with E-state index in [1.807, 2.05) is 31.2 Å². The molecule has 0 bridgehead atoms. The highest BCUT2D eigenvalue weighted by Gasteiger charge is 2.14. The molecule has 0 saturated carbocycles. The average Bonchev–Trinajstić information content (AvgIpc) is 2.71. The molecule has 6 heteroatoms. The van der Waals surface area contributed by atoms with Crippen LogP contribution in [0.5, 0.6) is 23.0 Å². The SMILES string of the molecule is COc1ccc(OC)c([C@H](C)NC(=O)/C=C/c2ccc(OC)c(OC)c2)c1. The first kappa shape index (κ1) is 20.2. The van der Waals surface area contributed by atoms with E-state index in [0.29, 0.717) is 23.0 Å². The van der Waals surface area contributed by atoms with Gasteiger partial charge in [-0.2, -0.15) is 0 Å². The number of hydrogen-bond acceptors (Lipinski definition) is 5. The Bertz CT molecular complexity index is 816. The summed E-state index contributed by atoms with van der Waals surface area (Å²) in [6.07, 6.45) is 3.19. The Morgan fingerprint density at radius 3 is 2.19 bits per heavy atom. The first-order valence-electron chi connectivity index (χ1n) is 8.45. The fourth-order valence-electron chi connectivity index (χ4n) is 2.65. The van der Waals surface area contributed by atoms with Crippen LogP contribution in [0.3, 0.4) is 0 Å². The Balaban J connectivity index is 2.10. The van der Waals surface area contributed by atoms with Crippen LogP contribution >= 0.6 is 0 Å². The van der Waals surface area contributed by atoms with Crippen LogP contribution in [0.25, 0.3) is 6.08 Å². The van der Waals surface area contributed by atoms with E-state index in [4.69, 9.17) is 18.9 Å². The van der Waals surface area contributed by atoms with Gasteiger partial charge in [0.05, 0.1) is 34.5 Å². The monoisotopic (exact) mass is 371 g/mol. The molecule has 0 heterocycles. The van der Waals surface area contributed by atoms with Crippen molar-refractivity contribution >= 4 is 12.0 Å². The third-order valence-electron chi connectivity index (χ3n) is 4.10. The highest BCUT2D eigenvalue weighted by Crippen LogP contribution is 2.30. The largest absolute Gasteiger partial charge is 0.497 e. The second kappa shape index (κ2) is 9.52. The summed E-state index contributed by atoms with van der Waals surface area (Å²) < 4.78 is 21.1. The lowest BCUT2D eigenvalue weighted by atomic mass is 10.1. The van der Waals surface area contributed by atoms with Gasteiger partial charge in [0.1, 0.15) is 11.5 Å². The number of carbonyl (C=O) groups is 1. The van der Waals surface area contributed by atoms with Crippen molar-refractivity contribution in [3.05, 3.63) is 53.6 Å². The van der Waals surface area contributed by atoms with Crippen molar-refractivity contribution in [2.45, 2.75) is 13.0 Å². The van der Waals surface area contributed by atoms with Crippen LogP contribution in [0.15, 0.2) is 42.5 Å². The first-order chi connectivity index (χ1) is 13.0. The molecule has 0 saturated heterocycles. The van der Waals surface area contributed by atoms with E-state index >= 15 is 0 Å². The zero-order valence-corrected chi connectivity index (χ0v) is 16.2. The second-order valence-corrected chi connectivity index (χ2v) is 5.79. The summed E-state index contributed by atoms with van der Waals surface area (Å²) in [5, 5.41) is 2.93. The normalized spacial score (nSPS) is 11.7. The van der Waals surface area contributed by atoms with Crippen molar-refractivity contribution in [3.63, 3.8) is 0 Å². The molecule has 0 aromatic heterocycles. The lowest BCUT2D eigenvalue weighted by Gasteiger charge is -2.17. The molecule has 0 fully saturated rings. The number of amides is 1. The Morgan fingerprint density at radius 2 is 1.56 bits per heavy atom. The molecule has 0 spiro atoms. The maximum absolute atomic E-state index is 12.3. The number of carbonyl (C=O) groups excluding carboxylic acids is 1. The number of methoxy groups -OCH3 is 4. The molecule has 0 aliphatic carbocycles. The summed E-state index contributed by atoms with van der Waals surface area (Å²) in [4.78, 5) is 12.3. The third kappa shape index (κ3) is 5.17. The molecule has 2 rings (SSSR count). The van der Waals surface area contributed by atoms with Crippen molar-refractivity contribution in [1.29, 1.82) is 0 Å². The lowest BCUT2D eigenvalue weighted by Crippen LogP contribution is -2.25. The standard InChI is InChI=1S/C21H25NO5/c1-14(17-13-16(24-2)8-10-18(17)25-3)22-21(23)11-7-15-6-9-19(26-4)20(12-15)27-5/h6-14H,1-5H3,(H,22,23)/b11-7+/t14-/m0/s1. The van der Waals surface area contributed by atoms with Gasteiger partial charge in [-0.15, -0.1) is 0 Å². The summed E-state index contributed by atoms with van der Waals surface area (Å²) in [5.74, 6) is 2.41. The molecule has 1 N–H and O–H groups in total. The molecular weight excluding hydrogens is 346 g/mol. The second-order valence-electron chi connectivity index (χ2n) is 5.79. The lowest BCUT2D eigenvalue weighted by molar-refractivity contribution is -0.117. The minimum Gasteiger partial charge on any atom is -0.497 e. The topological polar surface area (TPSA) is 66.0 Å². The zero-order valence-electron chi connectivity index (χ0n) is 16.2. The van der Waals surface area contributed by atoms with Crippen LogP contribution in [-0.4, -0.2) is 34.3 Å². The van der Waals surface area contributed by atoms with E-state index < -0.39 is 0 Å². The molecule has 0 unspecified atom stereocenters. The van der Waals surface area contributed by atoms with E-state index in [9.17, 15) is 4.79 Å². The molecule has 0 aliphatic heterocycles. The fourth-order valence-corrected chi connectivity index (χ4v) is 2.65. The summed E-state index contributed by atoms with van der Waals surface area (Å²) in [6.45, 7) is 1.89. The molecule has 2 aromatic carbocycles. The number of benzene rings is 2. The third-order valence-corrected chi connectivity index (χ3v) is 4.10. The summed E-state index contributed by atoms with van der Waals surface area (Å²) >= 11 is 0. The van der Waals surface area contributed by atoms with Gasteiger partial charge in [-0.25, -0.2) is 0 Å². The van der Waals surface area contributed by atoms with Crippen LogP contribution in [0.4, 0.5) is 0 Å². The van der Waals surface area contributed by atoms with Crippen LogP contribution in [0, 0.1) is 0 Å². The van der Waals surface area contributed by atoms with Gasteiger partial charge in [-0.3, -0.25) is 4.79 Å². The predicted octanol–water partition coefficient (Wildman–Crippen LogP) is 3.61. The molecule has 27 heavy (non-hydrogen) atoms. The van der Waals surface area contributed by atoms with Gasteiger partial charge in [0.2, 0.25) is 5.91 Å². The quantitative estimate of drug-likeness (QED) is 0.718. The van der Waals surface area contributed by atoms with Crippen LogP contribution in [-0.2, 0) is 4.79 Å². The van der Waals surface area contributed by atoms with E-state index in [2.05, 4.69) is 5.32 Å². The van der Waals surface area contributed by atoms with Crippen molar-refractivity contribution in [3.8, 4) is 23.0 Å². The van der Waals surface area contributed by atoms with Crippen molar-refractivity contribution in [2.24, 2.45) is 0 Å². The van der Waals surface area contributed by atoms with Crippen LogP contribution < -0.4 is 24.3 Å². The fraction of sp³-hybridized carbons (Fsp3) is 0.286. The highest BCUT2D eigenvalue weighted by atomic mass is 16.5. The van der Waals surface area contributed by atoms with Crippen molar-refractivity contribution < 1.29 is 23.7 Å². The summed E-state index contributed by atoms with van der Waals surface area (Å²) in [7, 11) is 6.34. The number of hydrogen-bond donors (Lipinski definition) is 1. The Hall–Kier alpha value is -3.15. The van der Waals surface area contributed by atoms with Gasteiger partial charge in [-0.05, 0) is 48.9 Å². The van der Waals surface area contributed by atoms with Gasteiger partial charge in [0.25, 0.3) is 0 Å². The highest BCUT2D eigenvalue weighted by molar-refractivity contribution is 5.92. The molecule has 2 aromatic rings. The molecule has 6 nitrogen and oxygen atoms in total. The van der Waals surface area contributed by atoms with E-state index in [-0.39, 0.29) is 11.9 Å². The van der Waals surface area contributed by atoms with Crippen LogP contribution in [0.1, 0.15) is 24.1 Å². The minimum atomic E-state index is -0.252. The minimum absolute atomic E-state index is 0.220. The van der Waals surface area contributed by atoms with Crippen molar-refractivity contribution in [1.82, 2.24) is 5.32 Å². The maximum atomic E-state index is 12.3. The van der Waals surface area contributed by atoms with Gasteiger partial charge >= 0.3 is 0 Å². The number of rotatable bonds is 8. The van der Waals surface area contributed by atoms with Gasteiger partial charge in [0.15, 0.2) is 11.5 Å². The molecule has 1 atom stereocenters. The van der Waals surface area contributed by atoms with Gasteiger partial charge in [0, 0.05) is 11.6 Å². The Labute approximate surface area is 159 Å². The van der Waals surface area contributed by atoms with Gasteiger partial charge in [-0.1, -0.05) is 6.07 Å². The predicted molar refractivity (Wildman–Crippen MR) is 105 cm³/mol. The molecule has 1 amide bonds. The Kier molecular flexibility index (Phi) is 7.11. The van der Waals surface area contributed by atoms with Crippen molar-refractivity contribution in [2.75, 3.05) is 28.4 Å².